The monoisotopic (exact) mass is 547 g/mol. The van der Waals surface area contributed by atoms with Crippen LogP contribution >= 0.6 is 11.3 Å². The number of benzene rings is 2. The molecule has 4 aromatic rings. The average Bonchev–Trinajstić information content (AvgIpc) is 3.63. The van der Waals surface area contributed by atoms with Gasteiger partial charge in [0.15, 0.2) is 11.5 Å². The third-order valence-electron chi connectivity index (χ3n) is 7.17. The molecule has 204 valence electrons. The molecule has 1 unspecified atom stereocenters. The van der Waals surface area contributed by atoms with Crippen molar-refractivity contribution in [3.63, 3.8) is 0 Å². The standard InChI is InChI=1S/C29H33N5O4S/c1-37-25-15-14-20(17-26(25)38-2)28(29(36)30-21-9-4-3-5-10-21)33(18-22-11-8-16-39-22)27(35)19-34-24-13-7-6-12-23(24)31-32-34/h6-8,11-17,21,28H,3-5,9-10,18-19H2,1-2H3,(H,30,36). The molecule has 2 heterocycles. The maximum Gasteiger partial charge on any atom is 0.247 e. The Hall–Kier alpha value is -3.92. The molecule has 0 spiro atoms. The van der Waals surface area contributed by atoms with Crippen molar-refractivity contribution in [2.24, 2.45) is 0 Å². The van der Waals surface area contributed by atoms with Crippen LogP contribution in [-0.2, 0) is 22.7 Å². The average molecular weight is 548 g/mol. The molecule has 10 heteroatoms. The van der Waals surface area contributed by atoms with Crippen LogP contribution < -0.4 is 14.8 Å². The molecule has 1 aliphatic rings. The summed E-state index contributed by atoms with van der Waals surface area (Å²) >= 11 is 1.55. The SMILES string of the molecule is COc1ccc(C(C(=O)NC2CCCCC2)N(Cc2cccs2)C(=O)Cn2nnc3ccccc32)cc1OC. The molecule has 0 aliphatic heterocycles. The van der Waals surface area contributed by atoms with Crippen molar-refractivity contribution in [1.29, 1.82) is 0 Å². The van der Waals surface area contributed by atoms with Gasteiger partial charge in [0.2, 0.25) is 11.8 Å². The first kappa shape index (κ1) is 26.7. The molecule has 0 radical (unpaired) electrons. The van der Waals surface area contributed by atoms with Gasteiger partial charge in [-0.25, -0.2) is 4.68 Å². The number of methoxy groups -OCH3 is 2. The van der Waals surface area contributed by atoms with Crippen molar-refractivity contribution in [1.82, 2.24) is 25.2 Å². The van der Waals surface area contributed by atoms with Crippen LogP contribution in [-0.4, -0.2) is 52.0 Å². The number of thiophene rings is 1. The number of para-hydroxylation sites is 1. The zero-order valence-electron chi connectivity index (χ0n) is 22.2. The molecule has 2 aromatic carbocycles. The van der Waals surface area contributed by atoms with Crippen LogP contribution in [0.25, 0.3) is 11.0 Å². The van der Waals surface area contributed by atoms with E-state index < -0.39 is 6.04 Å². The minimum Gasteiger partial charge on any atom is -0.493 e. The van der Waals surface area contributed by atoms with Crippen molar-refractivity contribution in [2.45, 2.75) is 57.3 Å². The molecule has 39 heavy (non-hydrogen) atoms. The molecule has 0 saturated heterocycles. The molecule has 1 saturated carbocycles. The van der Waals surface area contributed by atoms with Crippen molar-refractivity contribution in [3.05, 3.63) is 70.4 Å². The topological polar surface area (TPSA) is 98.6 Å². The first-order valence-electron chi connectivity index (χ1n) is 13.2. The Morgan fingerprint density at radius 3 is 2.59 bits per heavy atom. The first-order chi connectivity index (χ1) is 19.1. The Kier molecular flexibility index (Phi) is 8.41. The summed E-state index contributed by atoms with van der Waals surface area (Å²) in [4.78, 5) is 30.7. The highest BCUT2D eigenvalue weighted by Crippen LogP contribution is 2.34. The van der Waals surface area contributed by atoms with Gasteiger partial charge in [0.25, 0.3) is 0 Å². The van der Waals surface area contributed by atoms with Gasteiger partial charge < -0.3 is 19.7 Å². The lowest BCUT2D eigenvalue weighted by Gasteiger charge is -2.33. The second-order valence-corrected chi connectivity index (χ2v) is 10.7. The third kappa shape index (κ3) is 6.06. The van der Waals surface area contributed by atoms with Gasteiger partial charge in [0, 0.05) is 10.9 Å². The van der Waals surface area contributed by atoms with Crippen LogP contribution in [0.15, 0.2) is 60.0 Å². The third-order valence-corrected chi connectivity index (χ3v) is 8.03. The van der Waals surface area contributed by atoms with Gasteiger partial charge in [-0.2, -0.15) is 0 Å². The summed E-state index contributed by atoms with van der Waals surface area (Å²) in [5.74, 6) is 0.606. The van der Waals surface area contributed by atoms with Crippen LogP contribution in [0.2, 0.25) is 0 Å². The quantitative estimate of drug-likeness (QED) is 0.308. The Labute approximate surface area is 231 Å². The molecule has 2 aromatic heterocycles. The molecule has 1 fully saturated rings. The van der Waals surface area contributed by atoms with Gasteiger partial charge in [-0.1, -0.05) is 48.7 Å². The van der Waals surface area contributed by atoms with E-state index in [1.54, 1.807) is 47.3 Å². The molecule has 1 aliphatic carbocycles. The van der Waals surface area contributed by atoms with Gasteiger partial charge in [0.05, 0.1) is 26.3 Å². The van der Waals surface area contributed by atoms with E-state index in [4.69, 9.17) is 9.47 Å². The number of rotatable bonds is 10. The van der Waals surface area contributed by atoms with E-state index in [1.165, 1.54) is 6.42 Å². The Bertz CT molecular complexity index is 1410. The van der Waals surface area contributed by atoms with Crippen molar-refractivity contribution >= 4 is 34.2 Å². The molecular weight excluding hydrogens is 514 g/mol. The van der Waals surface area contributed by atoms with Gasteiger partial charge in [-0.3, -0.25) is 9.59 Å². The second kappa shape index (κ2) is 12.3. The molecule has 0 bridgehead atoms. The lowest BCUT2D eigenvalue weighted by atomic mass is 9.94. The number of nitrogens with zero attached hydrogens (tertiary/aromatic N) is 4. The highest BCUT2D eigenvalue weighted by atomic mass is 32.1. The number of nitrogens with one attached hydrogen (secondary N) is 1. The number of aromatic nitrogens is 3. The van der Waals surface area contributed by atoms with Crippen molar-refractivity contribution < 1.29 is 19.1 Å². The summed E-state index contributed by atoms with van der Waals surface area (Å²) in [7, 11) is 3.13. The molecule has 1 atom stereocenters. The number of carbonyl (C=O) groups is 2. The van der Waals surface area contributed by atoms with Crippen LogP contribution in [0.1, 0.15) is 48.6 Å². The summed E-state index contributed by atoms with van der Waals surface area (Å²) in [6.07, 6.45) is 5.23. The highest BCUT2D eigenvalue weighted by molar-refractivity contribution is 7.09. The number of ether oxygens (including phenoxy) is 2. The molecule has 2 amide bonds. The lowest BCUT2D eigenvalue weighted by molar-refractivity contribution is -0.142. The van der Waals surface area contributed by atoms with Crippen LogP contribution in [0.5, 0.6) is 11.5 Å². The zero-order chi connectivity index (χ0) is 27.2. The molecule has 1 N–H and O–H groups in total. The van der Waals surface area contributed by atoms with E-state index in [-0.39, 0.29) is 30.9 Å². The maximum atomic E-state index is 14.1. The number of carbonyl (C=O) groups excluding carboxylic acids is 2. The predicted octanol–water partition coefficient (Wildman–Crippen LogP) is 4.73. The summed E-state index contributed by atoms with van der Waals surface area (Å²) in [5.41, 5.74) is 2.12. The number of hydrogen-bond donors (Lipinski definition) is 1. The van der Waals surface area contributed by atoms with Gasteiger partial charge in [-0.05, 0) is 54.1 Å². The van der Waals surface area contributed by atoms with E-state index in [0.717, 1.165) is 36.1 Å². The smallest absolute Gasteiger partial charge is 0.247 e. The lowest BCUT2D eigenvalue weighted by Crippen LogP contribution is -2.47. The van der Waals surface area contributed by atoms with E-state index in [2.05, 4.69) is 15.6 Å². The fourth-order valence-electron chi connectivity index (χ4n) is 5.17. The summed E-state index contributed by atoms with van der Waals surface area (Å²) in [5, 5.41) is 13.6. The van der Waals surface area contributed by atoms with Gasteiger partial charge in [0.1, 0.15) is 18.1 Å². The maximum absolute atomic E-state index is 14.1. The first-order valence-corrected chi connectivity index (χ1v) is 14.1. The van der Waals surface area contributed by atoms with E-state index >= 15 is 0 Å². The van der Waals surface area contributed by atoms with Crippen LogP contribution in [0, 0.1) is 0 Å². The summed E-state index contributed by atoms with van der Waals surface area (Å²) in [6, 6.07) is 16.0. The van der Waals surface area contributed by atoms with E-state index in [1.807, 2.05) is 47.8 Å². The molecule has 9 nitrogen and oxygen atoms in total. The second-order valence-electron chi connectivity index (χ2n) is 9.70. The molecule has 5 rings (SSSR count). The summed E-state index contributed by atoms with van der Waals surface area (Å²) < 4.78 is 12.6. The molecular formula is C29H33N5O4S. The fraction of sp³-hybridized carbons (Fsp3) is 0.379. The van der Waals surface area contributed by atoms with Crippen molar-refractivity contribution in [2.75, 3.05) is 14.2 Å². The normalized spacial score (nSPS) is 14.6. The minimum absolute atomic E-state index is 0.0492. The number of hydrogen-bond acceptors (Lipinski definition) is 7. The fourth-order valence-corrected chi connectivity index (χ4v) is 5.87. The van der Waals surface area contributed by atoms with Crippen LogP contribution in [0.4, 0.5) is 0 Å². The van der Waals surface area contributed by atoms with Gasteiger partial charge in [-0.15, -0.1) is 16.4 Å². The predicted molar refractivity (Wildman–Crippen MR) is 150 cm³/mol. The Morgan fingerprint density at radius 2 is 1.85 bits per heavy atom. The minimum atomic E-state index is -0.879. The Morgan fingerprint density at radius 1 is 1.05 bits per heavy atom. The Balaban J connectivity index is 1.53. The van der Waals surface area contributed by atoms with E-state index in [9.17, 15) is 9.59 Å². The van der Waals surface area contributed by atoms with Crippen LogP contribution in [0.3, 0.4) is 0 Å². The number of amides is 2. The number of fused-ring (bicyclic) bond motifs is 1. The van der Waals surface area contributed by atoms with E-state index in [0.29, 0.717) is 22.6 Å². The van der Waals surface area contributed by atoms with Gasteiger partial charge >= 0.3 is 0 Å². The zero-order valence-corrected chi connectivity index (χ0v) is 23.0. The van der Waals surface area contributed by atoms with Crippen molar-refractivity contribution in [3.8, 4) is 11.5 Å². The summed E-state index contributed by atoms with van der Waals surface area (Å²) in [6.45, 7) is 0.229. The largest absolute Gasteiger partial charge is 0.493 e. The highest BCUT2D eigenvalue weighted by Gasteiger charge is 2.34.